The molecule has 4 aromatic rings. The van der Waals surface area contributed by atoms with Crippen LogP contribution in [0.4, 0.5) is 33.5 Å². The fourth-order valence-corrected chi connectivity index (χ4v) is 6.65. The highest BCUT2D eigenvalue weighted by molar-refractivity contribution is 6.14. The number of carbonyl (C=O) groups is 1. The molecule has 10 nitrogen and oxygen atoms in total. The molecule has 6 rings (SSSR count). The van der Waals surface area contributed by atoms with E-state index in [0.717, 1.165) is 25.5 Å². The van der Waals surface area contributed by atoms with Crippen molar-refractivity contribution in [2.24, 2.45) is 0 Å². The van der Waals surface area contributed by atoms with E-state index in [-0.39, 0.29) is 79.2 Å². The Kier molecular flexibility index (Phi) is 9.11. The van der Waals surface area contributed by atoms with Gasteiger partial charge in [-0.3, -0.25) is 9.69 Å². The predicted molar refractivity (Wildman–Crippen MR) is 168 cm³/mol. The SMILES string of the molecule is C=C(F)C(=O)N1CCN(c2nc(OC[C@@H]3CCCN3CCF)nc3cc(-c4cc(N)ccc4C(F)(F)F)c4ccoc4c23)C[C@@H]1CC#N. The zero-order chi connectivity index (χ0) is 34.2. The molecule has 0 aliphatic carbocycles. The minimum absolute atomic E-state index is 0.0354. The molecule has 2 atom stereocenters. The first kappa shape index (κ1) is 33.0. The quantitative estimate of drug-likeness (QED) is 0.132. The topological polar surface area (TPSA) is 125 Å². The average Bonchev–Trinajstić information content (AvgIpc) is 3.72. The highest BCUT2D eigenvalue weighted by Crippen LogP contribution is 2.44. The summed E-state index contributed by atoms with van der Waals surface area (Å²) >= 11 is 0. The lowest BCUT2D eigenvalue weighted by molar-refractivity contribution is -0.137. The van der Waals surface area contributed by atoms with Gasteiger partial charge in [0.2, 0.25) is 0 Å². The van der Waals surface area contributed by atoms with E-state index in [0.29, 0.717) is 16.6 Å². The van der Waals surface area contributed by atoms with Gasteiger partial charge < -0.3 is 24.7 Å². The number of hydrogen-bond donors (Lipinski definition) is 1. The molecule has 2 aliphatic heterocycles. The summed E-state index contributed by atoms with van der Waals surface area (Å²) in [7, 11) is 0. The number of anilines is 2. The van der Waals surface area contributed by atoms with Crippen molar-refractivity contribution in [2.45, 2.75) is 37.5 Å². The van der Waals surface area contributed by atoms with Gasteiger partial charge in [0.05, 0.1) is 41.3 Å². The number of furan rings is 1. The van der Waals surface area contributed by atoms with Crippen molar-refractivity contribution in [2.75, 3.05) is 56.6 Å². The van der Waals surface area contributed by atoms with Crippen LogP contribution in [-0.4, -0.2) is 83.8 Å². The lowest BCUT2D eigenvalue weighted by atomic mass is 9.94. The minimum atomic E-state index is -4.69. The Morgan fingerprint density at radius 3 is 2.69 bits per heavy atom. The van der Waals surface area contributed by atoms with Gasteiger partial charge >= 0.3 is 12.2 Å². The van der Waals surface area contributed by atoms with Crippen LogP contribution in [0.2, 0.25) is 0 Å². The maximum absolute atomic E-state index is 14.2. The van der Waals surface area contributed by atoms with Crippen molar-refractivity contribution in [1.29, 1.82) is 5.26 Å². The number of hydrogen-bond acceptors (Lipinski definition) is 9. The van der Waals surface area contributed by atoms with E-state index in [4.69, 9.17) is 19.9 Å². The highest BCUT2D eigenvalue weighted by Gasteiger charge is 2.36. The fourth-order valence-electron chi connectivity index (χ4n) is 6.65. The number of benzene rings is 2. The van der Waals surface area contributed by atoms with Gasteiger partial charge in [-0.2, -0.15) is 28.4 Å². The number of rotatable bonds is 9. The molecule has 0 bridgehead atoms. The van der Waals surface area contributed by atoms with Crippen LogP contribution in [0.15, 0.2) is 53.4 Å². The molecule has 0 unspecified atom stereocenters. The van der Waals surface area contributed by atoms with Crippen molar-refractivity contribution in [3.05, 3.63) is 54.6 Å². The van der Waals surface area contributed by atoms with Crippen molar-refractivity contribution in [3.63, 3.8) is 0 Å². The molecule has 15 heteroatoms. The Labute approximate surface area is 272 Å². The number of nitrogen functional groups attached to an aromatic ring is 1. The average molecular weight is 670 g/mol. The number of ether oxygens (including phenoxy) is 1. The number of piperazine rings is 1. The summed E-state index contributed by atoms with van der Waals surface area (Å²) in [5.41, 5.74) is 5.61. The van der Waals surface area contributed by atoms with Crippen molar-refractivity contribution < 1.29 is 35.9 Å². The van der Waals surface area contributed by atoms with Crippen molar-refractivity contribution in [3.8, 4) is 23.2 Å². The number of amides is 1. The molecule has 2 aliphatic rings. The number of nitriles is 1. The van der Waals surface area contributed by atoms with Crippen molar-refractivity contribution >= 4 is 39.3 Å². The lowest BCUT2D eigenvalue weighted by Gasteiger charge is -2.41. The van der Waals surface area contributed by atoms with Gasteiger partial charge in [-0.25, -0.2) is 8.78 Å². The first-order valence-electron chi connectivity index (χ1n) is 15.4. The van der Waals surface area contributed by atoms with Gasteiger partial charge in [-0.15, -0.1) is 0 Å². The largest absolute Gasteiger partial charge is 0.463 e. The number of nitrogens with zero attached hydrogens (tertiary/aromatic N) is 6. The van der Waals surface area contributed by atoms with Crippen LogP contribution >= 0.6 is 0 Å². The van der Waals surface area contributed by atoms with Crippen LogP contribution in [0.25, 0.3) is 33.0 Å². The van der Waals surface area contributed by atoms with Crippen LogP contribution in [0.5, 0.6) is 6.01 Å². The Morgan fingerprint density at radius 1 is 1.15 bits per heavy atom. The smallest absolute Gasteiger partial charge is 0.417 e. The fraction of sp³-hybridized carbons (Fsp3) is 0.394. The number of nitrogens with two attached hydrogens (primary N) is 1. The third-order valence-corrected chi connectivity index (χ3v) is 8.88. The Hall–Kier alpha value is -4.97. The number of likely N-dealkylation sites (tertiary alicyclic amines) is 1. The number of alkyl halides is 4. The maximum Gasteiger partial charge on any atom is 0.417 e. The van der Waals surface area contributed by atoms with Gasteiger partial charge in [-0.05, 0) is 60.8 Å². The molecule has 2 fully saturated rings. The molecule has 4 heterocycles. The van der Waals surface area contributed by atoms with Crippen LogP contribution in [-0.2, 0) is 11.0 Å². The van der Waals surface area contributed by atoms with Gasteiger partial charge in [0.1, 0.15) is 24.7 Å². The number of carbonyl (C=O) groups excluding carboxylic acids is 1. The second kappa shape index (κ2) is 13.3. The maximum atomic E-state index is 14.2. The zero-order valence-corrected chi connectivity index (χ0v) is 25.8. The normalized spacial score (nSPS) is 18.8. The van der Waals surface area contributed by atoms with E-state index in [1.807, 2.05) is 11.0 Å². The second-order valence-corrected chi connectivity index (χ2v) is 11.8. The van der Waals surface area contributed by atoms with Crippen LogP contribution in [0.1, 0.15) is 24.8 Å². The monoisotopic (exact) mass is 669 g/mol. The lowest BCUT2D eigenvalue weighted by Crippen LogP contribution is -2.55. The molecule has 2 aromatic heterocycles. The number of aromatic nitrogens is 2. The molecule has 0 radical (unpaired) electrons. The summed E-state index contributed by atoms with van der Waals surface area (Å²) in [5, 5.41) is 10.2. The molecule has 2 N–H and O–H groups in total. The highest BCUT2D eigenvalue weighted by atomic mass is 19.4. The molecule has 2 saturated heterocycles. The van der Waals surface area contributed by atoms with Gasteiger partial charge in [0, 0.05) is 43.3 Å². The molecule has 0 saturated carbocycles. The van der Waals surface area contributed by atoms with Gasteiger partial charge in [-0.1, -0.05) is 6.58 Å². The summed E-state index contributed by atoms with van der Waals surface area (Å²) < 4.78 is 81.7. The molecular weight excluding hydrogens is 637 g/mol. The molecule has 0 spiro atoms. The standard InChI is InChI=1S/C33H32F5N7O3/c1-19(35)31(46)45-13-12-44(17-21(45)6-9-39)30-28-27(41-32(42-30)48-18-22-3-2-10-43(22)11-8-34)16-24(23-7-14-47-29(23)28)25-15-20(40)4-5-26(25)33(36,37)38/h4-5,7,14-16,21-22H,1-3,6,8,10-13,17-18,40H2/t21-,22-/m0/s1. The van der Waals surface area contributed by atoms with Crippen LogP contribution in [0.3, 0.4) is 0 Å². The number of halogens is 5. The van der Waals surface area contributed by atoms with Crippen LogP contribution in [0, 0.1) is 11.3 Å². The summed E-state index contributed by atoms with van der Waals surface area (Å²) in [4.78, 5) is 26.9. The molecular formula is C33H32F5N7O3. The Morgan fingerprint density at radius 2 is 1.96 bits per heavy atom. The van der Waals surface area contributed by atoms with Gasteiger partial charge in [0.25, 0.3) is 5.91 Å². The summed E-state index contributed by atoms with van der Waals surface area (Å²) in [6.45, 7) is 3.99. The van der Waals surface area contributed by atoms with Crippen LogP contribution < -0.4 is 15.4 Å². The second-order valence-electron chi connectivity index (χ2n) is 11.8. The van der Waals surface area contributed by atoms with Crippen molar-refractivity contribution in [1.82, 2.24) is 19.8 Å². The number of fused-ring (bicyclic) bond motifs is 3. The minimum Gasteiger partial charge on any atom is -0.463 e. The zero-order valence-electron chi connectivity index (χ0n) is 25.8. The first-order valence-corrected chi connectivity index (χ1v) is 15.4. The molecule has 48 heavy (non-hydrogen) atoms. The predicted octanol–water partition coefficient (Wildman–Crippen LogP) is 5.87. The van der Waals surface area contributed by atoms with E-state index in [9.17, 15) is 32.0 Å². The van der Waals surface area contributed by atoms with E-state index >= 15 is 0 Å². The van der Waals surface area contributed by atoms with E-state index < -0.39 is 36.2 Å². The summed E-state index contributed by atoms with van der Waals surface area (Å²) in [5.74, 6) is -1.76. The summed E-state index contributed by atoms with van der Waals surface area (Å²) in [6.07, 6.45) is -1.80. The van der Waals surface area contributed by atoms with Gasteiger partial charge in [0.15, 0.2) is 5.83 Å². The molecule has 1 amide bonds. The molecule has 2 aromatic carbocycles. The Balaban J connectivity index is 1.50. The van der Waals surface area contributed by atoms with E-state index in [2.05, 4.69) is 11.6 Å². The van der Waals surface area contributed by atoms with E-state index in [1.165, 1.54) is 29.4 Å². The third kappa shape index (κ3) is 6.32. The Bertz CT molecular complexity index is 1910. The van der Waals surface area contributed by atoms with E-state index in [1.54, 1.807) is 11.0 Å². The summed E-state index contributed by atoms with van der Waals surface area (Å²) in [6, 6.07) is 7.56. The first-order chi connectivity index (χ1) is 23.0. The molecule has 252 valence electrons. The third-order valence-electron chi connectivity index (χ3n) is 8.88.